The van der Waals surface area contributed by atoms with Gasteiger partial charge in [-0.15, -0.1) is 0 Å². The second-order valence-electron chi connectivity index (χ2n) is 4.14. The second kappa shape index (κ2) is 4.94. The van der Waals surface area contributed by atoms with Gasteiger partial charge in [-0.2, -0.15) is 0 Å². The van der Waals surface area contributed by atoms with Crippen LogP contribution >= 0.6 is 11.6 Å². The first kappa shape index (κ1) is 12.2. The molecule has 2 rings (SSSR count). The fraction of sp³-hybridized carbons (Fsp3) is 0.417. The molecule has 1 fully saturated rings. The maximum Gasteiger partial charge on any atom is 0.257 e. The van der Waals surface area contributed by atoms with Crippen molar-refractivity contribution in [2.24, 2.45) is 0 Å². The Bertz CT molecular complexity index is 436. The number of phenols is 1. The third-order valence-corrected chi connectivity index (χ3v) is 3.27. The average molecular weight is 256 g/mol. The zero-order valence-corrected chi connectivity index (χ0v) is 10.0. The Morgan fingerprint density at radius 1 is 1.53 bits per heavy atom. The van der Waals surface area contributed by atoms with Gasteiger partial charge >= 0.3 is 0 Å². The van der Waals surface area contributed by atoms with E-state index in [0.29, 0.717) is 11.6 Å². The summed E-state index contributed by atoms with van der Waals surface area (Å²) in [5.41, 5.74) is 0.192. The van der Waals surface area contributed by atoms with Crippen LogP contribution in [0.15, 0.2) is 18.2 Å². The third kappa shape index (κ3) is 2.37. The van der Waals surface area contributed by atoms with Crippen molar-refractivity contribution in [2.75, 3.05) is 13.2 Å². The van der Waals surface area contributed by atoms with Gasteiger partial charge in [0, 0.05) is 11.6 Å². The molecule has 92 valence electrons. The lowest BCUT2D eigenvalue weighted by Gasteiger charge is -2.23. The van der Waals surface area contributed by atoms with Crippen molar-refractivity contribution in [1.82, 2.24) is 4.90 Å². The van der Waals surface area contributed by atoms with Gasteiger partial charge in [0.25, 0.3) is 5.91 Å². The summed E-state index contributed by atoms with van der Waals surface area (Å²) in [4.78, 5) is 13.8. The van der Waals surface area contributed by atoms with Crippen molar-refractivity contribution < 1.29 is 15.0 Å². The predicted octanol–water partition coefficient (Wildman–Crippen LogP) is 1.64. The van der Waals surface area contributed by atoms with Gasteiger partial charge in [0.2, 0.25) is 0 Å². The largest absolute Gasteiger partial charge is 0.507 e. The van der Waals surface area contributed by atoms with Crippen LogP contribution in [-0.4, -0.2) is 40.2 Å². The van der Waals surface area contributed by atoms with Gasteiger partial charge in [0.15, 0.2) is 0 Å². The number of aromatic hydroxyl groups is 1. The highest BCUT2D eigenvalue weighted by atomic mass is 35.5. The number of rotatable bonds is 2. The van der Waals surface area contributed by atoms with E-state index >= 15 is 0 Å². The predicted molar refractivity (Wildman–Crippen MR) is 64.3 cm³/mol. The number of carbonyl (C=O) groups excluding carboxylic acids is 1. The third-order valence-electron chi connectivity index (χ3n) is 3.04. The van der Waals surface area contributed by atoms with Crippen LogP contribution in [-0.2, 0) is 0 Å². The van der Waals surface area contributed by atoms with Crippen molar-refractivity contribution >= 4 is 17.5 Å². The quantitative estimate of drug-likeness (QED) is 0.845. The first-order valence-corrected chi connectivity index (χ1v) is 5.91. The number of nitrogens with zero attached hydrogens (tertiary/aromatic N) is 1. The minimum absolute atomic E-state index is 0.0485. The van der Waals surface area contributed by atoms with E-state index in [-0.39, 0.29) is 29.9 Å². The summed E-state index contributed by atoms with van der Waals surface area (Å²) in [5, 5.41) is 19.2. The lowest BCUT2D eigenvalue weighted by atomic mass is 10.1. The fourth-order valence-corrected chi connectivity index (χ4v) is 2.30. The number of halogens is 1. The number of carbonyl (C=O) groups is 1. The number of aliphatic hydroxyl groups excluding tert-OH is 1. The molecule has 1 heterocycles. The number of hydrogen-bond donors (Lipinski definition) is 2. The normalized spacial score (nSPS) is 19.6. The van der Waals surface area contributed by atoms with Crippen LogP contribution in [0.2, 0.25) is 5.02 Å². The monoisotopic (exact) mass is 255 g/mol. The molecule has 1 aliphatic heterocycles. The molecule has 1 amide bonds. The number of likely N-dealkylation sites (tertiary alicyclic amines) is 1. The minimum atomic E-state index is -0.276. The second-order valence-corrected chi connectivity index (χ2v) is 4.58. The van der Waals surface area contributed by atoms with E-state index in [0.717, 1.165) is 12.8 Å². The average Bonchev–Trinajstić information content (AvgIpc) is 2.79. The van der Waals surface area contributed by atoms with Crippen LogP contribution in [0.4, 0.5) is 0 Å². The fourth-order valence-electron chi connectivity index (χ4n) is 2.13. The molecular weight excluding hydrogens is 242 g/mol. The van der Waals surface area contributed by atoms with Crippen LogP contribution in [0.25, 0.3) is 0 Å². The molecule has 1 atom stereocenters. The molecule has 1 aromatic rings. The van der Waals surface area contributed by atoms with Crippen molar-refractivity contribution in [2.45, 2.75) is 18.9 Å². The molecule has 0 aromatic heterocycles. The maximum atomic E-state index is 12.2. The Balaban J connectivity index is 2.27. The first-order valence-electron chi connectivity index (χ1n) is 5.54. The zero-order chi connectivity index (χ0) is 12.4. The van der Waals surface area contributed by atoms with Crippen LogP contribution < -0.4 is 0 Å². The number of aliphatic hydroxyl groups is 1. The van der Waals surface area contributed by atoms with Gasteiger partial charge in [-0.05, 0) is 31.0 Å². The molecule has 5 heteroatoms. The molecule has 4 nitrogen and oxygen atoms in total. The summed E-state index contributed by atoms with van der Waals surface area (Å²) in [6.07, 6.45) is 1.67. The van der Waals surface area contributed by atoms with E-state index in [4.69, 9.17) is 11.6 Å². The molecule has 1 aromatic carbocycles. The van der Waals surface area contributed by atoms with Gasteiger partial charge in [0.05, 0.1) is 18.2 Å². The summed E-state index contributed by atoms with van der Waals surface area (Å²) in [6, 6.07) is 4.23. The number of hydrogen-bond acceptors (Lipinski definition) is 3. The molecular formula is C12H14ClNO3. The SMILES string of the molecule is O=C(c1cc(Cl)ccc1O)N1CCCC1CO. The van der Waals surface area contributed by atoms with Gasteiger partial charge in [-0.3, -0.25) is 4.79 Å². The van der Waals surface area contributed by atoms with Crippen molar-refractivity contribution in [1.29, 1.82) is 0 Å². The molecule has 2 N–H and O–H groups in total. The highest BCUT2D eigenvalue weighted by Crippen LogP contribution is 2.26. The minimum Gasteiger partial charge on any atom is -0.507 e. The van der Waals surface area contributed by atoms with E-state index in [1.807, 2.05) is 0 Å². The molecule has 1 saturated heterocycles. The van der Waals surface area contributed by atoms with E-state index in [1.54, 1.807) is 4.90 Å². The Kier molecular flexibility index (Phi) is 3.54. The summed E-state index contributed by atoms with van der Waals surface area (Å²) in [7, 11) is 0. The number of phenolic OH excluding ortho intramolecular Hbond substituents is 1. The van der Waals surface area contributed by atoms with Gasteiger partial charge in [0.1, 0.15) is 5.75 Å². The molecule has 0 aliphatic carbocycles. The van der Waals surface area contributed by atoms with Crippen LogP contribution in [0.3, 0.4) is 0 Å². The van der Waals surface area contributed by atoms with Crippen LogP contribution in [0.5, 0.6) is 5.75 Å². The summed E-state index contributed by atoms with van der Waals surface area (Å²) < 4.78 is 0. The van der Waals surface area contributed by atoms with Crippen molar-refractivity contribution in [3.05, 3.63) is 28.8 Å². The van der Waals surface area contributed by atoms with Crippen molar-refractivity contribution in [3.63, 3.8) is 0 Å². The topological polar surface area (TPSA) is 60.8 Å². The number of amides is 1. The standard InChI is InChI=1S/C12H14ClNO3/c13-8-3-4-11(16)10(6-8)12(17)14-5-1-2-9(14)7-15/h3-4,6,9,15-16H,1-2,5,7H2. The molecule has 0 saturated carbocycles. The summed E-state index contributed by atoms with van der Waals surface area (Å²) in [5.74, 6) is -0.357. The highest BCUT2D eigenvalue weighted by molar-refractivity contribution is 6.31. The summed E-state index contributed by atoms with van der Waals surface area (Å²) in [6.45, 7) is 0.559. The van der Waals surface area contributed by atoms with Crippen molar-refractivity contribution in [3.8, 4) is 5.75 Å². The van der Waals surface area contributed by atoms with E-state index in [1.165, 1.54) is 18.2 Å². The smallest absolute Gasteiger partial charge is 0.257 e. The molecule has 17 heavy (non-hydrogen) atoms. The van der Waals surface area contributed by atoms with E-state index in [2.05, 4.69) is 0 Å². The van der Waals surface area contributed by atoms with E-state index < -0.39 is 0 Å². The van der Waals surface area contributed by atoms with E-state index in [9.17, 15) is 15.0 Å². The van der Waals surface area contributed by atoms with Gasteiger partial charge in [-0.25, -0.2) is 0 Å². The molecule has 1 unspecified atom stereocenters. The Hall–Kier alpha value is -1.26. The first-order chi connectivity index (χ1) is 8.13. The lowest BCUT2D eigenvalue weighted by Crippen LogP contribution is -2.37. The summed E-state index contributed by atoms with van der Waals surface area (Å²) >= 11 is 5.81. The Labute approximate surface area is 104 Å². The maximum absolute atomic E-state index is 12.2. The molecule has 0 radical (unpaired) electrons. The highest BCUT2D eigenvalue weighted by Gasteiger charge is 2.30. The Morgan fingerprint density at radius 3 is 3.00 bits per heavy atom. The molecule has 0 spiro atoms. The van der Waals surface area contributed by atoms with Gasteiger partial charge < -0.3 is 15.1 Å². The molecule has 0 bridgehead atoms. The van der Waals surface area contributed by atoms with Gasteiger partial charge in [-0.1, -0.05) is 11.6 Å². The molecule has 1 aliphatic rings. The Morgan fingerprint density at radius 2 is 2.29 bits per heavy atom. The zero-order valence-electron chi connectivity index (χ0n) is 9.27. The van der Waals surface area contributed by atoms with Crippen LogP contribution in [0, 0.1) is 0 Å². The number of benzene rings is 1. The van der Waals surface area contributed by atoms with Crippen LogP contribution in [0.1, 0.15) is 23.2 Å². The lowest BCUT2D eigenvalue weighted by molar-refractivity contribution is 0.0674.